The summed E-state index contributed by atoms with van der Waals surface area (Å²) >= 11 is 0. The second-order valence-corrected chi connectivity index (χ2v) is 18.5. The first-order chi connectivity index (χ1) is 38.4. The SMILES string of the molecule is CC(C)(C)OC(=O)NCCOCCOCCOCCOCCOCCNC(=O)COc1cc(CN(Cc2cccc(C(=O)O)n2)Cc2cccc(C(=O)O)n2)nc(CN(Cc2cccc(C(=O)O)n2)Cc2cccc(C(=O)O)n2)c1. The van der Waals surface area contributed by atoms with E-state index in [1.165, 1.54) is 24.3 Å². The maximum atomic E-state index is 13.1. The highest BCUT2D eigenvalue weighted by Gasteiger charge is 2.20. The molecule has 0 saturated heterocycles. The van der Waals surface area contributed by atoms with Crippen molar-refractivity contribution < 1.29 is 82.4 Å². The number of carbonyl (C=O) groups is 6. The van der Waals surface area contributed by atoms with Crippen LogP contribution in [0.1, 0.15) is 96.9 Å². The highest BCUT2D eigenvalue weighted by Crippen LogP contribution is 2.22. The van der Waals surface area contributed by atoms with Gasteiger partial charge >= 0.3 is 30.0 Å². The van der Waals surface area contributed by atoms with Gasteiger partial charge in [0.05, 0.1) is 100 Å². The van der Waals surface area contributed by atoms with Gasteiger partial charge in [-0.05, 0) is 69.3 Å². The van der Waals surface area contributed by atoms with E-state index in [1.54, 1.807) is 81.4 Å². The average Bonchev–Trinajstić information content (AvgIpc) is 3.40. The van der Waals surface area contributed by atoms with Gasteiger partial charge in [-0.1, -0.05) is 24.3 Å². The number of aromatic nitrogens is 5. The molecule has 0 aliphatic rings. The van der Waals surface area contributed by atoms with Crippen LogP contribution in [0.2, 0.25) is 0 Å². The molecule has 5 heterocycles. The van der Waals surface area contributed by atoms with Gasteiger partial charge in [-0.3, -0.25) is 19.6 Å². The third kappa shape index (κ3) is 24.7. The zero-order valence-electron chi connectivity index (χ0n) is 44.7. The first-order valence-corrected chi connectivity index (χ1v) is 25.4. The number of rotatable bonds is 37. The van der Waals surface area contributed by atoms with Crippen LogP contribution in [0.15, 0.2) is 84.9 Å². The summed E-state index contributed by atoms with van der Waals surface area (Å²) in [5.41, 5.74) is 1.02. The summed E-state index contributed by atoms with van der Waals surface area (Å²) in [5.74, 6) is -5.15. The molecular weight excluding hydrogens is 1050 g/mol. The van der Waals surface area contributed by atoms with Gasteiger partial charge in [0.2, 0.25) is 0 Å². The topological polar surface area (TPSA) is 343 Å². The Morgan fingerprint density at radius 3 is 1.07 bits per heavy atom. The Bertz CT molecular complexity index is 2550. The van der Waals surface area contributed by atoms with Crippen molar-refractivity contribution in [2.75, 3.05) is 85.8 Å². The van der Waals surface area contributed by atoms with Crippen molar-refractivity contribution >= 4 is 35.9 Å². The second-order valence-electron chi connectivity index (χ2n) is 18.5. The molecule has 0 aromatic carbocycles. The van der Waals surface area contributed by atoms with Gasteiger partial charge < -0.3 is 64.2 Å². The van der Waals surface area contributed by atoms with Gasteiger partial charge in [0.15, 0.2) is 6.61 Å². The zero-order valence-corrected chi connectivity index (χ0v) is 44.7. The van der Waals surface area contributed by atoms with E-state index in [0.29, 0.717) is 93.6 Å². The molecule has 26 heteroatoms. The number of pyridine rings is 5. The summed E-state index contributed by atoms with van der Waals surface area (Å²) < 4.78 is 38.8. The number of aromatic carboxylic acids is 4. The highest BCUT2D eigenvalue weighted by molar-refractivity contribution is 5.86. The van der Waals surface area contributed by atoms with Gasteiger partial charge in [-0.15, -0.1) is 0 Å². The molecular formula is C54H67N9O17. The largest absolute Gasteiger partial charge is 0.484 e. The number of carboxylic acids is 4. The number of alkyl carbamates (subject to hydrolysis) is 1. The third-order valence-electron chi connectivity index (χ3n) is 10.7. The lowest BCUT2D eigenvalue weighted by Gasteiger charge is -2.24. The Morgan fingerprint density at radius 2 is 0.750 bits per heavy atom. The molecule has 5 rings (SSSR count). The highest BCUT2D eigenvalue weighted by atomic mass is 16.6. The van der Waals surface area contributed by atoms with Crippen LogP contribution in [-0.2, 0) is 72.5 Å². The van der Waals surface area contributed by atoms with E-state index in [9.17, 15) is 49.2 Å². The fourth-order valence-electron chi connectivity index (χ4n) is 7.31. The number of carboxylic acid groups (broad SMARTS) is 4. The van der Waals surface area contributed by atoms with E-state index >= 15 is 0 Å². The first kappa shape index (κ1) is 62.7. The summed E-state index contributed by atoms with van der Waals surface area (Å²) in [6.45, 7) is 9.01. The second kappa shape index (κ2) is 33.4. The Labute approximate surface area is 461 Å². The fraction of sp³-hybridized carbons (Fsp3) is 0.426. The molecule has 2 amide bonds. The van der Waals surface area contributed by atoms with Crippen molar-refractivity contribution in [1.82, 2.24) is 45.4 Å². The van der Waals surface area contributed by atoms with E-state index in [4.69, 9.17) is 38.1 Å². The molecule has 0 atom stereocenters. The molecule has 5 aromatic heterocycles. The Morgan fingerprint density at radius 1 is 0.438 bits per heavy atom. The quantitative estimate of drug-likeness (QED) is 0.0306. The number of hydrogen-bond donors (Lipinski definition) is 6. The summed E-state index contributed by atoms with van der Waals surface area (Å²) in [6.07, 6.45) is -0.499. The molecule has 0 fully saturated rings. The fourth-order valence-corrected chi connectivity index (χ4v) is 7.31. The number of amides is 2. The Kier molecular flexibility index (Phi) is 26.2. The predicted octanol–water partition coefficient (Wildman–Crippen LogP) is 3.96. The molecule has 80 heavy (non-hydrogen) atoms. The maximum absolute atomic E-state index is 13.1. The van der Waals surface area contributed by atoms with E-state index in [0.717, 1.165) is 0 Å². The van der Waals surface area contributed by atoms with Crippen LogP contribution in [0.3, 0.4) is 0 Å². The van der Waals surface area contributed by atoms with Crippen LogP contribution in [0.25, 0.3) is 0 Å². The van der Waals surface area contributed by atoms with Crippen LogP contribution in [0.5, 0.6) is 5.75 Å². The maximum Gasteiger partial charge on any atom is 0.407 e. The molecule has 0 aliphatic carbocycles. The van der Waals surface area contributed by atoms with Gasteiger partial charge in [0, 0.05) is 64.5 Å². The van der Waals surface area contributed by atoms with Crippen molar-refractivity contribution in [3.63, 3.8) is 0 Å². The lowest BCUT2D eigenvalue weighted by molar-refractivity contribution is -0.123. The molecule has 0 saturated carbocycles. The van der Waals surface area contributed by atoms with Crippen molar-refractivity contribution in [1.29, 1.82) is 0 Å². The van der Waals surface area contributed by atoms with Crippen LogP contribution in [-0.4, -0.2) is 182 Å². The lowest BCUT2D eigenvalue weighted by Crippen LogP contribution is -2.34. The molecule has 0 unspecified atom stereocenters. The van der Waals surface area contributed by atoms with E-state index < -0.39 is 48.1 Å². The smallest absolute Gasteiger partial charge is 0.407 e. The van der Waals surface area contributed by atoms with Gasteiger partial charge in [0.25, 0.3) is 5.91 Å². The standard InChI is InChI=1S/C54H67N9O17/c1-54(2,3)80-53(73)56-17-19-75-21-23-77-25-27-78-26-24-76-22-20-74-18-16-55-48(64)36-79-43-28-41(34-62(30-37-8-4-12-44(58-37)49(65)66)31-38-9-5-13-45(59-38)50(67)68)57-42(29-43)35-63(32-39-10-6-14-46(60-39)51(69)70)33-40-11-7-15-47(61-40)52(71)72/h4-15,28-29H,16-27,30-36H2,1-3H3,(H,55,64)(H,56,73)(H,65,66)(H,67,68)(H,69,70)(H,71,72). The molecule has 6 N–H and O–H groups in total. The number of carbonyl (C=O) groups excluding carboxylic acids is 2. The minimum atomic E-state index is -1.23. The summed E-state index contributed by atoms with van der Waals surface area (Å²) in [4.78, 5) is 97.9. The molecule has 0 aliphatic heterocycles. The predicted molar refractivity (Wildman–Crippen MR) is 282 cm³/mol. The first-order valence-electron chi connectivity index (χ1n) is 25.4. The van der Waals surface area contributed by atoms with E-state index in [-0.39, 0.29) is 87.6 Å². The monoisotopic (exact) mass is 1110 g/mol. The van der Waals surface area contributed by atoms with Crippen LogP contribution in [0, 0.1) is 0 Å². The van der Waals surface area contributed by atoms with E-state index in [2.05, 4.69) is 30.6 Å². The van der Waals surface area contributed by atoms with Gasteiger partial charge in [0.1, 0.15) is 34.1 Å². The Hall–Kier alpha value is -8.11. The van der Waals surface area contributed by atoms with Crippen molar-refractivity contribution in [3.8, 4) is 5.75 Å². The molecule has 5 aromatic rings. The number of hydrogen-bond acceptors (Lipinski definition) is 20. The molecule has 430 valence electrons. The normalized spacial score (nSPS) is 11.4. The summed E-state index contributed by atoms with van der Waals surface area (Å²) in [6, 6.07) is 21.5. The van der Waals surface area contributed by atoms with Gasteiger partial charge in [-0.2, -0.15) is 0 Å². The van der Waals surface area contributed by atoms with Crippen molar-refractivity contribution in [3.05, 3.63) is 142 Å². The zero-order chi connectivity index (χ0) is 57.7. The molecule has 26 nitrogen and oxygen atoms in total. The van der Waals surface area contributed by atoms with Crippen LogP contribution in [0.4, 0.5) is 4.79 Å². The van der Waals surface area contributed by atoms with Crippen LogP contribution >= 0.6 is 0 Å². The summed E-state index contributed by atoms with van der Waals surface area (Å²) in [5, 5.41) is 44.1. The van der Waals surface area contributed by atoms with E-state index in [1.807, 2.05) is 9.80 Å². The summed E-state index contributed by atoms with van der Waals surface area (Å²) in [7, 11) is 0. The number of nitrogens with zero attached hydrogens (tertiary/aromatic N) is 7. The van der Waals surface area contributed by atoms with Gasteiger partial charge in [-0.25, -0.2) is 43.9 Å². The van der Waals surface area contributed by atoms with Crippen molar-refractivity contribution in [2.45, 2.75) is 65.6 Å². The molecule has 0 bridgehead atoms. The minimum Gasteiger partial charge on any atom is -0.484 e. The molecule has 0 radical (unpaired) electrons. The average molecular weight is 1110 g/mol. The van der Waals surface area contributed by atoms with Crippen molar-refractivity contribution in [2.24, 2.45) is 0 Å². The third-order valence-corrected chi connectivity index (χ3v) is 10.7. The molecule has 0 spiro atoms. The minimum absolute atomic E-state index is 0.0409. The number of ether oxygens (including phenoxy) is 7. The van der Waals surface area contributed by atoms with Crippen LogP contribution < -0.4 is 15.4 Å². The number of nitrogens with one attached hydrogen (secondary N) is 2. The Balaban J connectivity index is 1.18. The lowest BCUT2D eigenvalue weighted by atomic mass is 10.2.